The van der Waals surface area contributed by atoms with Gasteiger partial charge >= 0.3 is 0 Å². The molecule has 0 saturated heterocycles. The van der Waals surface area contributed by atoms with Gasteiger partial charge in [-0.1, -0.05) is 42.4 Å². The van der Waals surface area contributed by atoms with Crippen LogP contribution in [-0.2, 0) is 0 Å². The van der Waals surface area contributed by atoms with Crippen molar-refractivity contribution in [3.05, 3.63) is 52.9 Å². The molecule has 0 fully saturated rings. The molecule has 3 aromatic rings. The summed E-state index contributed by atoms with van der Waals surface area (Å²) in [6.07, 6.45) is 2.57. The Hall–Kier alpha value is -1.72. The summed E-state index contributed by atoms with van der Waals surface area (Å²) in [4.78, 5) is 0. The molecule has 1 unspecified atom stereocenters. The summed E-state index contributed by atoms with van der Waals surface area (Å²) >= 11 is 7.50. The fourth-order valence-corrected chi connectivity index (χ4v) is 3.20. The Bertz CT molecular complexity index is 752. The zero-order chi connectivity index (χ0) is 15.5. The summed E-state index contributed by atoms with van der Waals surface area (Å²) < 4.78 is 11.0. The molecule has 0 aliphatic rings. The van der Waals surface area contributed by atoms with E-state index in [1.54, 1.807) is 18.0 Å². The van der Waals surface area contributed by atoms with E-state index >= 15 is 0 Å². The molecular weight excluding hydrogens is 320 g/mol. The van der Waals surface area contributed by atoms with Crippen LogP contribution in [0.15, 0.2) is 50.7 Å². The van der Waals surface area contributed by atoms with E-state index in [-0.39, 0.29) is 5.25 Å². The van der Waals surface area contributed by atoms with Gasteiger partial charge in [0.05, 0.1) is 11.8 Å². The summed E-state index contributed by atoms with van der Waals surface area (Å²) in [5, 5.41) is 9.75. The molecular formula is C16H15ClN2O2S. The first-order chi connectivity index (χ1) is 10.7. The van der Waals surface area contributed by atoms with Crippen LogP contribution < -0.4 is 0 Å². The molecule has 3 rings (SSSR count). The van der Waals surface area contributed by atoms with Gasteiger partial charge in [0.25, 0.3) is 11.1 Å². The average Bonchev–Trinajstić information content (AvgIpc) is 3.14. The molecule has 0 bridgehead atoms. The number of aryl methyl sites for hydroxylation is 1. The van der Waals surface area contributed by atoms with Gasteiger partial charge in [0.15, 0.2) is 0 Å². The normalized spacial score (nSPS) is 12.5. The van der Waals surface area contributed by atoms with Gasteiger partial charge in [-0.15, -0.1) is 10.2 Å². The molecule has 4 nitrogen and oxygen atoms in total. The molecule has 0 amide bonds. The maximum absolute atomic E-state index is 5.94. The van der Waals surface area contributed by atoms with E-state index < -0.39 is 0 Å². The van der Waals surface area contributed by atoms with Crippen molar-refractivity contribution >= 4 is 23.4 Å². The molecule has 2 aromatic heterocycles. The summed E-state index contributed by atoms with van der Waals surface area (Å²) in [7, 11) is 0. The molecule has 1 atom stereocenters. The van der Waals surface area contributed by atoms with Crippen LogP contribution in [0.2, 0.25) is 5.02 Å². The first-order valence-electron chi connectivity index (χ1n) is 6.97. The van der Waals surface area contributed by atoms with Crippen LogP contribution >= 0.6 is 23.4 Å². The standard InChI is InChI=1S/C16H15ClN2O2S/c1-3-14(11-4-6-12(17)7-5-11)22-16-19-18-15(21-16)13-8-9-20-10(13)2/h4-9,14H,3H2,1-2H3. The predicted molar refractivity (Wildman–Crippen MR) is 87.1 cm³/mol. The first kappa shape index (κ1) is 15.2. The van der Waals surface area contributed by atoms with Gasteiger partial charge in [0.1, 0.15) is 5.76 Å². The van der Waals surface area contributed by atoms with Gasteiger partial charge in [-0.3, -0.25) is 0 Å². The molecule has 1 aromatic carbocycles. The van der Waals surface area contributed by atoms with Crippen molar-refractivity contribution in [1.29, 1.82) is 0 Å². The molecule has 0 radical (unpaired) electrons. The van der Waals surface area contributed by atoms with Crippen LogP contribution in [0.5, 0.6) is 0 Å². The highest BCUT2D eigenvalue weighted by Gasteiger charge is 2.18. The van der Waals surface area contributed by atoms with Gasteiger partial charge in [-0.2, -0.15) is 0 Å². The summed E-state index contributed by atoms with van der Waals surface area (Å²) in [5.41, 5.74) is 2.02. The molecule has 0 N–H and O–H groups in total. The van der Waals surface area contributed by atoms with Crippen LogP contribution in [0.1, 0.15) is 29.9 Å². The molecule has 2 heterocycles. The highest BCUT2D eigenvalue weighted by Crippen LogP contribution is 2.38. The fraction of sp³-hybridized carbons (Fsp3) is 0.250. The summed E-state index contributed by atoms with van der Waals surface area (Å²) in [6.45, 7) is 4.00. The Morgan fingerprint density at radius 3 is 2.59 bits per heavy atom. The maximum Gasteiger partial charge on any atom is 0.277 e. The van der Waals surface area contributed by atoms with Gasteiger partial charge in [0, 0.05) is 10.3 Å². The monoisotopic (exact) mass is 334 g/mol. The van der Waals surface area contributed by atoms with Gasteiger partial charge in [-0.05, 0) is 37.1 Å². The van der Waals surface area contributed by atoms with Crippen molar-refractivity contribution in [1.82, 2.24) is 10.2 Å². The van der Waals surface area contributed by atoms with Crippen molar-refractivity contribution < 1.29 is 8.83 Å². The average molecular weight is 335 g/mol. The number of hydrogen-bond acceptors (Lipinski definition) is 5. The number of rotatable bonds is 5. The van der Waals surface area contributed by atoms with Crippen molar-refractivity contribution in [2.45, 2.75) is 30.7 Å². The smallest absolute Gasteiger partial charge is 0.277 e. The second-order valence-corrected chi connectivity index (χ2v) is 6.42. The van der Waals surface area contributed by atoms with E-state index in [0.717, 1.165) is 22.8 Å². The molecule has 0 aliphatic carbocycles. The van der Waals surface area contributed by atoms with Crippen molar-refractivity contribution in [2.75, 3.05) is 0 Å². The lowest BCUT2D eigenvalue weighted by atomic mass is 10.1. The number of aromatic nitrogens is 2. The lowest BCUT2D eigenvalue weighted by Gasteiger charge is -2.12. The second-order valence-electron chi connectivity index (χ2n) is 4.83. The van der Waals surface area contributed by atoms with Gasteiger partial charge in [-0.25, -0.2) is 0 Å². The largest absolute Gasteiger partial charge is 0.469 e. The van der Waals surface area contributed by atoms with Crippen molar-refractivity contribution in [2.24, 2.45) is 0 Å². The van der Waals surface area contributed by atoms with E-state index in [1.165, 1.54) is 5.56 Å². The van der Waals surface area contributed by atoms with Gasteiger partial charge < -0.3 is 8.83 Å². The Morgan fingerprint density at radius 1 is 1.18 bits per heavy atom. The fourth-order valence-electron chi connectivity index (χ4n) is 2.16. The van der Waals surface area contributed by atoms with E-state index in [9.17, 15) is 0 Å². The van der Waals surface area contributed by atoms with Crippen LogP contribution in [-0.4, -0.2) is 10.2 Å². The third-order valence-electron chi connectivity index (χ3n) is 3.35. The highest BCUT2D eigenvalue weighted by molar-refractivity contribution is 7.99. The third-order valence-corrected chi connectivity index (χ3v) is 4.86. The summed E-state index contributed by atoms with van der Waals surface area (Å²) in [5.74, 6) is 1.25. The van der Waals surface area contributed by atoms with Crippen molar-refractivity contribution in [3.63, 3.8) is 0 Å². The Labute approximate surface area is 137 Å². The van der Waals surface area contributed by atoms with Crippen LogP contribution in [0.4, 0.5) is 0 Å². The third kappa shape index (κ3) is 3.20. The Morgan fingerprint density at radius 2 is 1.95 bits per heavy atom. The summed E-state index contributed by atoms with van der Waals surface area (Å²) in [6, 6.07) is 9.68. The Kier molecular flexibility index (Phi) is 4.55. The van der Waals surface area contributed by atoms with Crippen molar-refractivity contribution in [3.8, 4) is 11.5 Å². The lowest BCUT2D eigenvalue weighted by molar-refractivity contribution is 0.462. The number of furan rings is 1. The zero-order valence-corrected chi connectivity index (χ0v) is 13.8. The molecule has 0 spiro atoms. The minimum atomic E-state index is 0.246. The first-order valence-corrected chi connectivity index (χ1v) is 8.23. The molecule has 0 aliphatic heterocycles. The number of thioether (sulfide) groups is 1. The second kappa shape index (κ2) is 6.58. The van der Waals surface area contributed by atoms with Crippen LogP contribution in [0.25, 0.3) is 11.5 Å². The molecule has 6 heteroatoms. The highest BCUT2D eigenvalue weighted by atomic mass is 35.5. The number of nitrogens with zero attached hydrogens (tertiary/aromatic N) is 2. The van der Waals surface area contributed by atoms with E-state index in [1.807, 2.05) is 37.3 Å². The SMILES string of the molecule is CCC(Sc1nnc(-c2ccoc2C)o1)c1ccc(Cl)cc1. The topological polar surface area (TPSA) is 52.1 Å². The number of hydrogen-bond donors (Lipinski definition) is 0. The number of benzene rings is 1. The molecule has 114 valence electrons. The minimum Gasteiger partial charge on any atom is -0.469 e. The zero-order valence-electron chi connectivity index (χ0n) is 12.2. The maximum atomic E-state index is 5.94. The van der Waals surface area contributed by atoms with Gasteiger partial charge in [0.2, 0.25) is 0 Å². The van der Waals surface area contributed by atoms with Crippen LogP contribution in [0.3, 0.4) is 0 Å². The van der Waals surface area contributed by atoms with E-state index in [4.69, 9.17) is 20.4 Å². The molecule has 22 heavy (non-hydrogen) atoms. The Balaban J connectivity index is 1.78. The minimum absolute atomic E-state index is 0.246. The van der Waals surface area contributed by atoms with E-state index in [0.29, 0.717) is 11.1 Å². The lowest BCUT2D eigenvalue weighted by Crippen LogP contribution is -1.92. The predicted octanol–water partition coefficient (Wildman–Crippen LogP) is 5.53. The molecule has 0 saturated carbocycles. The van der Waals surface area contributed by atoms with Crippen LogP contribution in [0, 0.1) is 6.92 Å². The number of halogens is 1. The quantitative estimate of drug-likeness (QED) is 0.574. The van der Waals surface area contributed by atoms with E-state index in [2.05, 4.69) is 17.1 Å².